The second-order valence-corrected chi connectivity index (χ2v) is 4.28. The predicted molar refractivity (Wildman–Crippen MR) is 65.4 cm³/mol. The number of ether oxygens (including phenoxy) is 1. The molecule has 102 valence electrons. The van der Waals surface area contributed by atoms with E-state index in [4.69, 9.17) is 9.84 Å². The molecule has 2 heterocycles. The maximum Gasteiger partial charge on any atom is 0.166 e. The van der Waals surface area contributed by atoms with Gasteiger partial charge in [-0.1, -0.05) is 5.92 Å². The number of carbonyl (C=O) groups is 1. The van der Waals surface area contributed by atoms with Gasteiger partial charge in [-0.25, -0.2) is 0 Å². The molecule has 0 radical (unpaired) electrons. The summed E-state index contributed by atoms with van der Waals surface area (Å²) in [7, 11) is 0. The standard InChI is InChI=1S/C13H15NO5/c1-2-3-8-4-9(6-15)14(5-8)13-12(18)11(17)10(7-16)19-13/h4-6,10-13,16-18H,7H2,1H3/t10-,11-,12-,13-/m1/s1. The molecule has 1 aromatic rings. The summed E-state index contributed by atoms with van der Waals surface area (Å²) in [4.78, 5) is 11.0. The van der Waals surface area contributed by atoms with Crippen molar-refractivity contribution in [3.05, 3.63) is 23.5 Å². The van der Waals surface area contributed by atoms with E-state index in [1.807, 2.05) is 0 Å². The smallest absolute Gasteiger partial charge is 0.166 e. The van der Waals surface area contributed by atoms with Crippen LogP contribution in [0.5, 0.6) is 0 Å². The fourth-order valence-electron chi connectivity index (χ4n) is 2.13. The second kappa shape index (κ2) is 5.55. The van der Waals surface area contributed by atoms with Crippen LogP contribution in [0, 0.1) is 11.8 Å². The van der Waals surface area contributed by atoms with E-state index in [2.05, 4.69) is 11.8 Å². The van der Waals surface area contributed by atoms with Crippen molar-refractivity contribution in [2.75, 3.05) is 6.61 Å². The summed E-state index contributed by atoms with van der Waals surface area (Å²) in [5.74, 6) is 5.51. The maximum atomic E-state index is 11.0. The molecule has 1 fully saturated rings. The van der Waals surface area contributed by atoms with Crippen LogP contribution in [0.2, 0.25) is 0 Å². The van der Waals surface area contributed by atoms with Gasteiger partial charge in [-0.2, -0.15) is 0 Å². The predicted octanol–water partition coefficient (Wildman–Crippen LogP) is -0.717. The van der Waals surface area contributed by atoms with Gasteiger partial charge in [-0.05, 0) is 13.0 Å². The van der Waals surface area contributed by atoms with Gasteiger partial charge < -0.3 is 24.6 Å². The van der Waals surface area contributed by atoms with E-state index in [0.29, 0.717) is 11.8 Å². The minimum Gasteiger partial charge on any atom is -0.394 e. The molecule has 1 aliphatic rings. The third-order valence-electron chi connectivity index (χ3n) is 3.06. The van der Waals surface area contributed by atoms with E-state index in [9.17, 15) is 15.0 Å². The Labute approximate surface area is 110 Å². The average molecular weight is 265 g/mol. The zero-order chi connectivity index (χ0) is 14.0. The van der Waals surface area contributed by atoms with Gasteiger partial charge >= 0.3 is 0 Å². The van der Waals surface area contributed by atoms with Crippen LogP contribution >= 0.6 is 0 Å². The van der Waals surface area contributed by atoms with Gasteiger partial charge in [0.25, 0.3) is 0 Å². The van der Waals surface area contributed by atoms with Crippen LogP contribution in [0.3, 0.4) is 0 Å². The highest BCUT2D eigenvalue weighted by Crippen LogP contribution is 2.30. The van der Waals surface area contributed by atoms with Crippen LogP contribution in [-0.2, 0) is 4.74 Å². The SMILES string of the molecule is CC#Cc1cc(C=O)n([C@@H]2O[C@H](CO)[C@@H](O)[C@H]2O)c1. The molecule has 1 saturated heterocycles. The Morgan fingerprint density at radius 2 is 2.21 bits per heavy atom. The fraction of sp³-hybridized carbons (Fsp3) is 0.462. The van der Waals surface area contributed by atoms with Gasteiger partial charge in [0.2, 0.25) is 0 Å². The van der Waals surface area contributed by atoms with Gasteiger partial charge in [0.05, 0.1) is 12.3 Å². The first kappa shape index (κ1) is 13.8. The number of aldehydes is 1. The Hall–Kier alpha value is -1.65. The molecule has 2 rings (SSSR count). The minimum absolute atomic E-state index is 0.285. The Morgan fingerprint density at radius 3 is 2.74 bits per heavy atom. The summed E-state index contributed by atoms with van der Waals surface area (Å²) < 4.78 is 6.77. The molecular weight excluding hydrogens is 250 g/mol. The first-order chi connectivity index (χ1) is 9.12. The van der Waals surface area contributed by atoms with E-state index in [1.165, 1.54) is 4.57 Å². The lowest BCUT2D eigenvalue weighted by Gasteiger charge is -2.17. The highest BCUT2D eigenvalue weighted by Gasteiger charge is 2.43. The molecule has 3 N–H and O–H groups in total. The molecule has 0 aromatic carbocycles. The number of nitrogens with zero attached hydrogens (tertiary/aromatic N) is 1. The quantitative estimate of drug-likeness (QED) is 0.496. The lowest BCUT2D eigenvalue weighted by atomic mass is 10.1. The first-order valence-electron chi connectivity index (χ1n) is 5.84. The summed E-state index contributed by atoms with van der Waals surface area (Å²) in [5.41, 5.74) is 0.898. The lowest BCUT2D eigenvalue weighted by Crippen LogP contribution is -2.33. The van der Waals surface area contributed by atoms with E-state index >= 15 is 0 Å². The van der Waals surface area contributed by atoms with E-state index in [1.54, 1.807) is 19.2 Å². The Bertz CT molecular complexity index is 527. The van der Waals surface area contributed by atoms with Gasteiger partial charge in [-0.3, -0.25) is 4.79 Å². The largest absolute Gasteiger partial charge is 0.394 e. The molecule has 6 heteroatoms. The van der Waals surface area contributed by atoms with Crippen molar-refractivity contribution in [3.63, 3.8) is 0 Å². The highest BCUT2D eigenvalue weighted by molar-refractivity contribution is 5.73. The van der Waals surface area contributed by atoms with Crippen LogP contribution in [0.25, 0.3) is 0 Å². The minimum atomic E-state index is -1.22. The van der Waals surface area contributed by atoms with Crippen LogP contribution < -0.4 is 0 Å². The molecule has 1 aliphatic heterocycles. The number of hydrogen-bond acceptors (Lipinski definition) is 5. The number of rotatable bonds is 3. The number of hydrogen-bond donors (Lipinski definition) is 3. The van der Waals surface area contributed by atoms with Crippen molar-refractivity contribution < 1.29 is 24.9 Å². The van der Waals surface area contributed by atoms with Crippen LogP contribution in [0.1, 0.15) is 29.2 Å². The molecule has 6 nitrogen and oxygen atoms in total. The summed E-state index contributed by atoms with van der Waals surface area (Å²) >= 11 is 0. The van der Waals surface area contributed by atoms with Crippen LogP contribution in [-0.4, -0.2) is 51.1 Å². The monoisotopic (exact) mass is 265 g/mol. The number of aromatic nitrogens is 1. The van der Waals surface area contributed by atoms with Crippen molar-refractivity contribution in [3.8, 4) is 11.8 Å². The lowest BCUT2D eigenvalue weighted by molar-refractivity contribution is -0.0530. The molecule has 0 spiro atoms. The topological polar surface area (TPSA) is 91.9 Å². The van der Waals surface area contributed by atoms with Crippen molar-refractivity contribution in [2.24, 2.45) is 0 Å². The van der Waals surface area contributed by atoms with Crippen molar-refractivity contribution >= 4 is 6.29 Å². The molecular formula is C13H15NO5. The average Bonchev–Trinajstić information content (AvgIpc) is 2.93. The third-order valence-corrected chi connectivity index (χ3v) is 3.06. The molecule has 0 unspecified atom stereocenters. The second-order valence-electron chi connectivity index (χ2n) is 4.28. The van der Waals surface area contributed by atoms with Crippen molar-refractivity contribution in [1.29, 1.82) is 0 Å². The molecule has 0 amide bonds. The van der Waals surface area contributed by atoms with E-state index in [0.717, 1.165) is 0 Å². The van der Waals surface area contributed by atoms with Gasteiger partial charge in [0.15, 0.2) is 12.5 Å². The van der Waals surface area contributed by atoms with Crippen molar-refractivity contribution in [1.82, 2.24) is 4.57 Å². The van der Waals surface area contributed by atoms with Gasteiger partial charge in [0.1, 0.15) is 18.3 Å². The van der Waals surface area contributed by atoms with Crippen molar-refractivity contribution in [2.45, 2.75) is 31.5 Å². The molecule has 0 bridgehead atoms. The highest BCUT2D eigenvalue weighted by atomic mass is 16.6. The van der Waals surface area contributed by atoms with E-state index in [-0.39, 0.29) is 5.69 Å². The summed E-state index contributed by atoms with van der Waals surface area (Å²) in [6.45, 7) is 1.26. The Kier molecular flexibility index (Phi) is 4.02. The molecule has 0 aliphatic carbocycles. The first-order valence-corrected chi connectivity index (χ1v) is 5.84. The number of carbonyl (C=O) groups excluding carboxylic acids is 1. The summed E-state index contributed by atoms with van der Waals surface area (Å²) in [6, 6.07) is 1.57. The van der Waals surface area contributed by atoms with Crippen LogP contribution in [0.15, 0.2) is 12.3 Å². The normalized spacial score (nSPS) is 29.9. The summed E-state index contributed by atoms with van der Waals surface area (Å²) in [6.07, 6.45) is -2.01. The zero-order valence-electron chi connectivity index (χ0n) is 10.4. The van der Waals surface area contributed by atoms with E-state index < -0.39 is 31.1 Å². The zero-order valence-corrected chi connectivity index (χ0v) is 10.4. The number of aliphatic hydroxyl groups is 3. The molecule has 19 heavy (non-hydrogen) atoms. The molecule has 1 aromatic heterocycles. The Balaban J connectivity index is 2.35. The Morgan fingerprint density at radius 1 is 1.47 bits per heavy atom. The van der Waals surface area contributed by atoms with Crippen LogP contribution in [0.4, 0.5) is 0 Å². The molecule has 0 saturated carbocycles. The maximum absolute atomic E-state index is 11.0. The van der Waals surface area contributed by atoms with Gasteiger partial charge in [-0.15, -0.1) is 5.92 Å². The number of aliphatic hydroxyl groups excluding tert-OH is 3. The summed E-state index contributed by atoms with van der Waals surface area (Å²) in [5, 5.41) is 28.6. The molecule has 4 atom stereocenters. The van der Waals surface area contributed by atoms with Gasteiger partial charge in [0, 0.05) is 11.8 Å². The fourth-order valence-corrected chi connectivity index (χ4v) is 2.13. The third kappa shape index (κ3) is 2.41.